The van der Waals surface area contributed by atoms with Crippen molar-refractivity contribution in [1.29, 1.82) is 0 Å². The van der Waals surface area contributed by atoms with Gasteiger partial charge in [-0.05, 0) is 24.6 Å². The maximum atomic E-state index is 10.4. The van der Waals surface area contributed by atoms with Crippen LogP contribution in [-0.4, -0.2) is 33.0 Å². The number of hydrogen-bond acceptors (Lipinski definition) is 5. The minimum absolute atomic E-state index is 0.253. The summed E-state index contributed by atoms with van der Waals surface area (Å²) in [5, 5.41) is 3.13. The molecular formula is C13H20N2O4. The number of methoxy groups -OCH3 is 1. The van der Waals surface area contributed by atoms with Gasteiger partial charge in [-0.15, -0.1) is 0 Å². The van der Waals surface area contributed by atoms with Gasteiger partial charge in [-0.1, -0.05) is 6.07 Å². The fraction of sp³-hybridized carbons (Fsp3) is 0.462. The lowest BCUT2D eigenvalue weighted by atomic mass is 10.2. The highest BCUT2D eigenvalue weighted by Crippen LogP contribution is 2.27. The quantitative estimate of drug-likeness (QED) is 0.694. The third-order valence-electron chi connectivity index (χ3n) is 2.38. The van der Waals surface area contributed by atoms with Gasteiger partial charge in [-0.3, -0.25) is 0 Å². The highest BCUT2D eigenvalue weighted by atomic mass is 16.5. The normalized spacial score (nSPS) is 10.0. The van der Waals surface area contributed by atoms with E-state index in [0.717, 1.165) is 11.3 Å². The number of rotatable bonds is 8. The van der Waals surface area contributed by atoms with Crippen LogP contribution >= 0.6 is 0 Å². The van der Waals surface area contributed by atoms with E-state index in [0.29, 0.717) is 25.4 Å². The van der Waals surface area contributed by atoms with Crippen molar-refractivity contribution in [3.05, 3.63) is 23.8 Å². The fourth-order valence-electron chi connectivity index (χ4n) is 1.55. The molecule has 0 saturated carbocycles. The lowest BCUT2D eigenvalue weighted by Crippen LogP contribution is -2.23. The molecule has 0 radical (unpaired) electrons. The number of carbonyl (C=O) groups excluding carboxylic acids is 1. The van der Waals surface area contributed by atoms with Crippen molar-refractivity contribution in [2.24, 2.45) is 5.73 Å². The van der Waals surface area contributed by atoms with Crippen LogP contribution in [-0.2, 0) is 11.3 Å². The Balaban J connectivity index is 2.43. The van der Waals surface area contributed by atoms with E-state index >= 15 is 0 Å². The van der Waals surface area contributed by atoms with Gasteiger partial charge in [0.05, 0.1) is 13.7 Å². The molecule has 1 aromatic carbocycles. The molecule has 6 heteroatoms. The maximum Gasteiger partial charge on any atom is 0.404 e. The average Bonchev–Trinajstić information content (AvgIpc) is 2.39. The highest BCUT2D eigenvalue weighted by molar-refractivity contribution is 5.64. The third-order valence-corrected chi connectivity index (χ3v) is 2.38. The van der Waals surface area contributed by atoms with Gasteiger partial charge in [0.15, 0.2) is 11.5 Å². The smallest absolute Gasteiger partial charge is 0.404 e. The van der Waals surface area contributed by atoms with E-state index in [4.69, 9.17) is 15.2 Å². The third kappa shape index (κ3) is 5.48. The van der Waals surface area contributed by atoms with Crippen LogP contribution in [0.5, 0.6) is 11.5 Å². The maximum absolute atomic E-state index is 10.4. The first kappa shape index (κ1) is 15.1. The first-order valence-electron chi connectivity index (χ1n) is 6.10. The minimum Gasteiger partial charge on any atom is -0.493 e. The molecular weight excluding hydrogens is 248 g/mol. The molecule has 0 heterocycles. The van der Waals surface area contributed by atoms with Gasteiger partial charge in [0.2, 0.25) is 0 Å². The van der Waals surface area contributed by atoms with E-state index in [1.807, 2.05) is 25.1 Å². The molecule has 0 saturated heterocycles. The van der Waals surface area contributed by atoms with Gasteiger partial charge in [0.1, 0.15) is 6.61 Å². The first-order chi connectivity index (χ1) is 9.17. The first-order valence-corrected chi connectivity index (χ1v) is 6.10. The molecule has 19 heavy (non-hydrogen) atoms. The van der Waals surface area contributed by atoms with Gasteiger partial charge in [-0.2, -0.15) is 0 Å². The van der Waals surface area contributed by atoms with Crippen LogP contribution in [0.25, 0.3) is 0 Å². The Labute approximate surface area is 112 Å². The summed E-state index contributed by atoms with van der Waals surface area (Å²) < 4.78 is 15.3. The summed E-state index contributed by atoms with van der Waals surface area (Å²) in [6.45, 7) is 3.96. The molecule has 0 bridgehead atoms. The predicted molar refractivity (Wildman–Crippen MR) is 71.4 cm³/mol. The summed E-state index contributed by atoms with van der Waals surface area (Å²) in [6.07, 6.45) is -0.760. The second-order valence-corrected chi connectivity index (χ2v) is 3.76. The molecule has 1 aromatic rings. The molecule has 0 aliphatic rings. The molecule has 0 aliphatic carbocycles. The molecule has 0 spiro atoms. The van der Waals surface area contributed by atoms with Crippen LogP contribution < -0.4 is 20.5 Å². The number of hydrogen-bond donors (Lipinski definition) is 2. The summed E-state index contributed by atoms with van der Waals surface area (Å²) in [7, 11) is 1.61. The zero-order valence-electron chi connectivity index (χ0n) is 11.3. The number of nitrogens with two attached hydrogens (primary N) is 1. The molecule has 0 unspecified atom stereocenters. The zero-order valence-corrected chi connectivity index (χ0v) is 11.3. The minimum atomic E-state index is -0.760. The van der Waals surface area contributed by atoms with Gasteiger partial charge in [0, 0.05) is 13.1 Å². The van der Waals surface area contributed by atoms with Gasteiger partial charge in [-0.25, -0.2) is 4.79 Å². The van der Waals surface area contributed by atoms with Crippen LogP contribution in [0.3, 0.4) is 0 Å². The van der Waals surface area contributed by atoms with Crippen LogP contribution in [0.4, 0.5) is 4.79 Å². The number of carbonyl (C=O) groups is 1. The second kappa shape index (κ2) is 8.20. The number of nitrogens with one attached hydrogen (secondary N) is 1. The van der Waals surface area contributed by atoms with E-state index in [1.165, 1.54) is 0 Å². The Bertz CT molecular complexity index is 410. The van der Waals surface area contributed by atoms with Crippen molar-refractivity contribution in [2.45, 2.75) is 13.5 Å². The number of ether oxygens (including phenoxy) is 3. The SMILES string of the molecule is CCOc1ccc(CNCCOC(N)=O)cc1OC. The lowest BCUT2D eigenvalue weighted by Gasteiger charge is -2.11. The molecule has 1 rings (SSSR count). The molecule has 0 atom stereocenters. The number of benzene rings is 1. The summed E-state index contributed by atoms with van der Waals surface area (Å²) in [5.74, 6) is 1.43. The number of primary amides is 1. The Morgan fingerprint density at radius 2 is 2.16 bits per heavy atom. The van der Waals surface area contributed by atoms with Crippen LogP contribution in [0, 0.1) is 0 Å². The van der Waals surface area contributed by atoms with Gasteiger partial charge >= 0.3 is 6.09 Å². The molecule has 0 aromatic heterocycles. The zero-order chi connectivity index (χ0) is 14.1. The Kier molecular flexibility index (Phi) is 6.52. The topological polar surface area (TPSA) is 82.8 Å². The monoisotopic (exact) mass is 268 g/mol. The molecule has 106 valence electrons. The summed E-state index contributed by atoms with van der Waals surface area (Å²) in [5.41, 5.74) is 5.90. The standard InChI is InChI=1S/C13H20N2O4/c1-3-18-11-5-4-10(8-12(11)17-2)9-15-6-7-19-13(14)16/h4-5,8,15H,3,6-7,9H2,1-2H3,(H2,14,16). The van der Waals surface area contributed by atoms with Gasteiger partial charge in [0.25, 0.3) is 0 Å². The van der Waals surface area contributed by atoms with Crippen LogP contribution in [0.2, 0.25) is 0 Å². The summed E-state index contributed by atoms with van der Waals surface area (Å²) in [4.78, 5) is 10.4. The number of amides is 1. The van der Waals surface area contributed by atoms with E-state index < -0.39 is 6.09 Å². The van der Waals surface area contributed by atoms with Crippen molar-refractivity contribution in [1.82, 2.24) is 5.32 Å². The molecule has 0 aliphatic heterocycles. The van der Waals surface area contributed by atoms with Gasteiger partial charge < -0.3 is 25.3 Å². The summed E-state index contributed by atoms with van der Waals surface area (Å²) in [6, 6.07) is 5.74. The van der Waals surface area contributed by atoms with E-state index in [1.54, 1.807) is 7.11 Å². The Morgan fingerprint density at radius 3 is 2.79 bits per heavy atom. The van der Waals surface area contributed by atoms with Crippen molar-refractivity contribution in [3.63, 3.8) is 0 Å². The summed E-state index contributed by atoms with van der Waals surface area (Å²) >= 11 is 0. The van der Waals surface area contributed by atoms with Crippen molar-refractivity contribution in [2.75, 3.05) is 26.9 Å². The van der Waals surface area contributed by atoms with E-state index in [2.05, 4.69) is 10.1 Å². The van der Waals surface area contributed by atoms with Crippen molar-refractivity contribution < 1.29 is 19.0 Å². The highest BCUT2D eigenvalue weighted by Gasteiger charge is 2.05. The van der Waals surface area contributed by atoms with Crippen LogP contribution in [0.15, 0.2) is 18.2 Å². The average molecular weight is 268 g/mol. The fourth-order valence-corrected chi connectivity index (χ4v) is 1.55. The largest absolute Gasteiger partial charge is 0.493 e. The molecule has 6 nitrogen and oxygen atoms in total. The molecule has 3 N–H and O–H groups in total. The van der Waals surface area contributed by atoms with E-state index in [9.17, 15) is 4.79 Å². The predicted octanol–water partition coefficient (Wildman–Crippen LogP) is 1.28. The Morgan fingerprint density at radius 1 is 1.37 bits per heavy atom. The van der Waals surface area contributed by atoms with Crippen LogP contribution in [0.1, 0.15) is 12.5 Å². The van der Waals surface area contributed by atoms with Crippen molar-refractivity contribution >= 4 is 6.09 Å². The molecule has 1 amide bonds. The lowest BCUT2D eigenvalue weighted by molar-refractivity contribution is 0.157. The van der Waals surface area contributed by atoms with E-state index in [-0.39, 0.29) is 6.61 Å². The second-order valence-electron chi connectivity index (χ2n) is 3.76. The molecule has 0 fully saturated rings. The van der Waals surface area contributed by atoms with Crippen molar-refractivity contribution in [3.8, 4) is 11.5 Å². The Hall–Kier alpha value is -1.95.